The third-order valence-electron chi connectivity index (χ3n) is 15.1. The van der Waals surface area contributed by atoms with Gasteiger partial charge in [-0.3, -0.25) is 4.79 Å². The zero-order valence-corrected chi connectivity index (χ0v) is 44.6. The topological polar surface area (TPSA) is 254 Å². The van der Waals surface area contributed by atoms with Gasteiger partial charge in [0.1, 0.15) is 42.4 Å². The molecule has 1 aromatic carbocycles. The summed E-state index contributed by atoms with van der Waals surface area (Å²) in [7, 11) is 1.71. The first-order chi connectivity index (χ1) is 33.0. The lowest BCUT2D eigenvalue weighted by molar-refractivity contribution is -0.318. The second-order valence-electron chi connectivity index (χ2n) is 21.0. The molecule has 3 fully saturated rings. The number of aliphatic hydroxyl groups excluding tert-OH is 3. The quantitative estimate of drug-likeness (QED) is 0.151. The van der Waals surface area contributed by atoms with Gasteiger partial charge in [0.05, 0.1) is 58.7 Å². The van der Waals surface area contributed by atoms with Gasteiger partial charge in [-0.15, -0.1) is 5.10 Å². The van der Waals surface area contributed by atoms with Gasteiger partial charge in [0, 0.05) is 63.5 Å². The van der Waals surface area contributed by atoms with E-state index in [1.54, 1.807) is 66.6 Å². The SMILES string of the molecule is CC[C@H]1OC(=O)[C@H](C)[C@@H](O[C@H]2C[C@@](C)(OC)[C@@H](O)[C@H](C)O2)[C@H](C)[C@@H](O[C@@H]2O[C@H](C)C[C@H](N(C)CCc3cn(C[C@H](F)COc4ccc(S(C)(=O)=O)cc4)nn3)[C@H]2O)[C@](C)(O)CCN(C)[C@H](C)[C@@H](O)[C@]1(C)O. The minimum absolute atomic E-state index is 0.0744. The van der Waals surface area contributed by atoms with Crippen LogP contribution in [0.5, 0.6) is 5.75 Å². The number of cyclic esters (lactones) is 1. The summed E-state index contributed by atoms with van der Waals surface area (Å²) in [4.78, 5) is 18.2. The number of sulfone groups is 1. The van der Waals surface area contributed by atoms with Gasteiger partial charge < -0.3 is 68.5 Å². The highest BCUT2D eigenvalue weighted by Gasteiger charge is 2.53. The molecule has 0 amide bonds. The van der Waals surface area contributed by atoms with Crippen LogP contribution in [0, 0.1) is 11.8 Å². The van der Waals surface area contributed by atoms with Gasteiger partial charge in [-0.05, 0) is 106 Å². The molecule has 1 aromatic heterocycles. The average molecular weight is 1030 g/mol. The molecule has 18 atom stereocenters. The summed E-state index contributed by atoms with van der Waals surface area (Å²) in [6.45, 7) is 15.4. The number of aromatic nitrogens is 3. The summed E-state index contributed by atoms with van der Waals surface area (Å²) in [5.41, 5.74) is -4.05. The molecular weight excluding hydrogens is 950 g/mol. The zero-order valence-electron chi connectivity index (χ0n) is 43.8. The third kappa shape index (κ3) is 14.5. The maximum Gasteiger partial charge on any atom is 0.311 e. The molecule has 0 spiro atoms. The van der Waals surface area contributed by atoms with Crippen molar-refractivity contribution in [3.63, 3.8) is 0 Å². The number of likely N-dealkylation sites (N-methyl/N-ethyl adjacent to an activating group) is 2. The lowest BCUT2D eigenvalue weighted by Crippen LogP contribution is -2.62. The Morgan fingerprint density at radius 3 is 2.30 bits per heavy atom. The summed E-state index contributed by atoms with van der Waals surface area (Å²) >= 11 is 0. The van der Waals surface area contributed by atoms with Crippen molar-refractivity contribution in [3.05, 3.63) is 36.2 Å². The van der Waals surface area contributed by atoms with Crippen LogP contribution in [-0.4, -0.2) is 208 Å². The Balaban J connectivity index is 1.35. The molecule has 71 heavy (non-hydrogen) atoms. The van der Waals surface area contributed by atoms with Crippen molar-refractivity contribution in [3.8, 4) is 5.75 Å². The molecule has 3 aliphatic rings. The summed E-state index contributed by atoms with van der Waals surface area (Å²) < 4.78 is 83.3. The number of alkyl halides is 1. The predicted octanol–water partition coefficient (Wildman–Crippen LogP) is 2.29. The molecule has 0 radical (unpaired) electrons. The van der Waals surface area contributed by atoms with Gasteiger partial charge in [-0.2, -0.15) is 0 Å². The average Bonchev–Trinajstić information content (AvgIpc) is 3.77. The van der Waals surface area contributed by atoms with Crippen LogP contribution in [0.4, 0.5) is 4.39 Å². The molecule has 20 nitrogen and oxygen atoms in total. The maximum atomic E-state index is 15.0. The molecule has 0 saturated carbocycles. The van der Waals surface area contributed by atoms with Gasteiger partial charge in [0.2, 0.25) is 0 Å². The number of benzene rings is 1. The molecule has 0 aliphatic carbocycles. The van der Waals surface area contributed by atoms with Crippen LogP contribution in [0.15, 0.2) is 35.4 Å². The predicted molar refractivity (Wildman–Crippen MR) is 258 cm³/mol. The summed E-state index contributed by atoms with van der Waals surface area (Å²) in [6, 6.07) is 4.59. The van der Waals surface area contributed by atoms with Crippen molar-refractivity contribution < 1.29 is 76.3 Å². The standard InChI is InChI=1S/C49H82FN5O15S/c1-14-38-49(9,61)42(57)31(5)53(10)22-20-47(7,60)44(29(3)41(30(4)45(59)68-38)69-39-24-48(8,64-12)43(58)32(6)67-39)70-46-40(56)37(23-28(2)66-46)54(11)21-19-34-26-55(52-51-34)25-33(50)27-65-35-15-17-36(18-16-35)71(13,62)63/h15-18,26,28-33,37-44,46,56-58,60-61H,14,19-25,27H2,1-13H3/t28-,29+,30-,31-,32+,33+,37+,38-,39+,40-,41+,42-,43+,44-,46+,47-,48-,49-/m1/s1. The minimum atomic E-state index is -3.38. The van der Waals surface area contributed by atoms with Crippen LogP contribution in [-0.2, 0) is 56.0 Å². The van der Waals surface area contributed by atoms with E-state index in [2.05, 4.69) is 10.3 Å². The molecule has 0 unspecified atom stereocenters. The largest absolute Gasteiger partial charge is 0.490 e. The fraction of sp³-hybridized carbons (Fsp3) is 0.816. The van der Waals surface area contributed by atoms with Crippen molar-refractivity contribution in [2.75, 3.05) is 47.2 Å². The number of carbonyl (C=O) groups excluding carboxylic acids is 1. The van der Waals surface area contributed by atoms with E-state index in [0.29, 0.717) is 30.8 Å². The van der Waals surface area contributed by atoms with E-state index >= 15 is 0 Å². The summed E-state index contributed by atoms with van der Waals surface area (Å²) in [6.07, 6.45) is -7.97. The van der Waals surface area contributed by atoms with Gasteiger partial charge >= 0.3 is 5.97 Å². The third-order valence-corrected chi connectivity index (χ3v) is 16.2. The second-order valence-corrected chi connectivity index (χ2v) is 23.0. The number of nitrogens with zero attached hydrogens (tertiary/aromatic N) is 5. The van der Waals surface area contributed by atoms with Crippen LogP contribution in [0.1, 0.15) is 93.7 Å². The first kappa shape index (κ1) is 58.9. The van der Waals surface area contributed by atoms with E-state index in [9.17, 15) is 43.1 Å². The number of hydrogen-bond donors (Lipinski definition) is 5. The second kappa shape index (κ2) is 24.1. The highest BCUT2D eigenvalue weighted by atomic mass is 32.2. The van der Waals surface area contributed by atoms with E-state index in [1.807, 2.05) is 18.9 Å². The highest BCUT2D eigenvalue weighted by Crippen LogP contribution is 2.40. The van der Waals surface area contributed by atoms with Crippen molar-refractivity contribution in [1.82, 2.24) is 24.8 Å². The van der Waals surface area contributed by atoms with E-state index in [4.69, 9.17) is 33.2 Å². The number of carbonyl (C=O) groups is 1. The van der Waals surface area contributed by atoms with E-state index in [1.165, 1.54) is 43.0 Å². The van der Waals surface area contributed by atoms with Crippen LogP contribution in [0.3, 0.4) is 0 Å². The van der Waals surface area contributed by atoms with E-state index in [0.717, 1.165) is 6.26 Å². The van der Waals surface area contributed by atoms with Gasteiger partial charge in [0.15, 0.2) is 28.6 Å². The molecule has 3 aliphatic heterocycles. The molecule has 5 rings (SSSR count). The molecule has 0 bridgehead atoms. The number of ether oxygens (including phenoxy) is 7. The summed E-state index contributed by atoms with van der Waals surface area (Å²) in [5.74, 6) is -2.34. The molecule has 5 N–H and O–H groups in total. The van der Waals surface area contributed by atoms with Gasteiger partial charge in [-0.1, -0.05) is 19.1 Å². The molecule has 2 aromatic rings. The smallest absolute Gasteiger partial charge is 0.311 e. The van der Waals surface area contributed by atoms with Crippen molar-refractivity contribution in [1.29, 1.82) is 0 Å². The molecule has 3 saturated heterocycles. The monoisotopic (exact) mass is 1030 g/mol. The minimum Gasteiger partial charge on any atom is -0.490 e. The Morgan fingerprint density at radius 2 is 1.68 bits per heavy atom. The van der Waals surface area contributed by atoms with Gasteiger partial charge in [0.25, 0.3) is 0 Å². The molecule has 22 heteroatoms. The van der Waals surface area contributed by atoms with E-state index in [-0.39, 0.29) is 43.9 Å². The lowest BCUT2D eigenvalue weighted by atomic mass is 9.79. The molecular formula is C49H82FN5O15S. The first-order valence-electron chi connectivity index (χ1n) is 24.8. The number of halogens is 1. The zero-order chi connectivity index (χ0) is 53.0. The fourth-order valence-corrected chi connectivity index (χ4v) is 10.7. The van der Waals surface area contributed by atoms with E-state index < -0.39 is 124 Å². The van der Waals surface area contributed by atoms with Crippen molar-refractivity contribution in [2.24, 2.45) is 11.8 Å². The van der Waals surface area contributed by atoms with Crippen molar-refractivity contribution >= 4 is 15.8 Å². The Morgan fingerprint density at radius 1 is 1.01 bits per heavy atom. The Bertz CT molecular complexity index is 2120. The first-order valence-corrected chi connectivity index (χ1v) is 26.6. The number of rotatable bonds is 16. The Labute approximate surface area is 418 Å². The van der Waals surface area contributed by atoms with Crippen LogP contribution in [0.2, 0.25) is 0 Å². The molecule has 406 valence electrons. The van der Waals surface area contributed by atoms with Gasteiger partial charge in [-0.25, -0.2) is 17.5 Å². The summed E-state index contributed by atoms with van der Waals surface area (Å²) in [5, 5.41) is 67.5. The number of aliphatic hydroxyl groups is 5. The Hall–Kier alpha value is -2.97. The maximum absolute atomic E-state index is 15.0. The normalized spacial score (nSPS) is 38.9. The van der Waals surface area contributed by atoms with Crippen LogP contribution < -0.4 is 4.74 Å². The number of hydrogen-bond acceptors (Lipinski definition) is 19. The van der Waals surface area contributed by atoms with Crippen LogP contribution >= 0.6 is 0 Å². The van der Waals surface area contributed by atoms with Crippen LogP contribution in [0.25, 0.3) is 0 Å². The fourth-order valence-electron chi connectivity index (χ4n) is 10.1. The number of methoxy groups -OCH3 is 1. The lowest BCUT2D eigenvalue weighted by Gasteiger charge is -2.49. The highest BCUT2D eigenvalue weighted by molar-refractivity contribution is 7.90. The number of esters is 1. The molecule has 4 heterocycles. The Kier molecular flexibility index (Phi) is 20.0. The van der Waals surface area contributed by atoms with Crippen molar-refractivity contribution in [2.45, 2.75) is 202 Å².